The first-order chi connectivity index (χ1) is 52.2. The van der Waals surface area contributed by atoms with Crippen LogP contribution in [0.2, 0.25) is 0 Å². The van der Waals surface area contributed by atoms with Crippen molar-refractivity contribution in [2.75, 3.05) is 100 Å². The molecule has 3 saturated carbocycles. The highest BCUT2D eigenvalue weighted by Gasteiger charge is 2.69. The van der Waals surface area contributed by atoms with E-state index in [1.165, 1.54) is 35.3 Å². The fourth-order valence-electron chi connectivity index (χ4n) is 12.5. The molecular formula is C72H91F7N22O5S3. The van der Waals surface area contributed by atoms with Gasteiger partial charge in [-0.2, -0.15) is 41.6 Å². The molecule has 27 nitrogen and oxygen atoms in total. The fourth-order valence-corrected chi connectivity index (χ4v) is 14.8. The van der Waals surface area contributed by atoms with Crippen LogP contribution < -0.4 is 51.3 Å². The van der Waals surface area contributed by atoms with E-state index in [0.29, 0.717) is 81.6 Å². The van der Waals surface area contributed by atoms with Gasteiger partial charge < -0.3 is 50.9 Å². The number of H-pyrrole nitrogens is 3. The van der Waals surface area contributed by atoms with Crippen LogP contribution in [0.15, 0.2) is 139 Å². The van der Waals surface area contributed by atoms with Crippen LogP contribution in [0.5, 0.6) is 5.75 Å². The van der Waals surface area contributed by atoms with Crippen LogP contribution in [0.3, 0.4) is 0 Å². The zero-order valence-electron chi connectivity index (χ0n) is 59.5. The lowest BCUT2D eigenvalue weighted by Crippen LogP contribution is -2.60. The second-order valence-electron chi connectivity index (χ2n) is 27.8. The molecule has 0 bridgehead atoms. The van der Waals surface area contributed by atoms with Crippen molar-refractivity contribution in [3.63, 3.8) is 0 Å². The Hall–Kier alpha value is -10.4. The molecule has 0 atom stereocenters. The molecule has 3 aromatic carbocycles. The average Bonchev–Trinajstić information content (AvgIpc) is 1.55. The number of urea groups is 1. The highest BCUT2D eigenvalue weighted by Crippen LogP contribution is 2.59. The smallest absolute Gasteiger partial charge is 0.403 e. The highest BCUT2D eigenvalue weighted by molar-refractivity contribution is 7.99. The van der Waals surface area contributed by atoms with Crippen molar-refractivity contribution >= 4 is 123 Å². The number of ether oxygens (including phenoxy) is 1. The highest BCUT2D eigenvalue weighted by atomic mass is 32.2. The molecule has 3 aliphatic carbocycles. The Kier molecular flexibility index (Phi) is 21.6. The van der Waals surface area contributed by atoms with E-state index in [-0.39, 0.29) is 72.2 Å². The normalized spacial score (nSPS) is 17.2. The zero-order chi connectivity index (χ0) is 76.4. The summed E-state index contributed by atoms with van der Waals surface area (Å²) in [4.78, 5) is 87.6. The number of hydrogen-bond acceptors (Lipinski definition) is 23. The van der Waals surface area contributed by atoms with Gasteiger partial charge in [0.2, 0.25) is 17.7 Å². The van der Waals surface area contributed by atoms with Crippen LogP contribution in [0.25, 0.3) is 0 Å². The van der Waals surface area contributed by atoms with Crippen molar-refractivity contribution in [2.24, 2.45) is 22.7 Å². The number of carbonyl (C=O) groups excluding carboxylic acids is 4. The fraction of sp³-hybridized carbons (Fsp3) is 0.403. The van der Waals surface area contributed by atoms with Gasteiger partial charge in [-0.05, 0) is 199 Å². The molecule has 0 spiro atoms. The Bertz CT molecular complexity index is 4800. The summed E-state index contributed by atoms with van der Waals surface area (Å²) in [5, 5.41) is 39.0. The molecule has 10 heterocycles. The maximum absolute atomic E-state index is 15.0. The number of aromatic amines is 3. The summed E-state index contributed by atoms with van der Waals surface area (Å²) in [5.74, 6) is 4.79. The van der Waals surface area contributed by atoms with Gasteiger partial charge in [-0.15, -0.1) is 0 Å². The van der Waals surface area contributed by atoms with Gasteiger partial charge in [-0.3, -0.25) is 35.0 Å². The van der Waals surface area contributed by atoms with Gasteiger partial charge in [-0.1, -0.05) is 0 Å². The monoisotopic (exact) mass is 1570 g/mol. The molecule has 586 valence electrons. The van der Waals surface area contributed by atoms with Crippen molar-refractivity contribution in [3.05, 3.63) is 126 Å². The number of amides is 5. The van der Waals surface area contributed by atoms with Crippen LogP contribution in [0, 0.1) is 43.4 Å². The summed E-state index contributed by atoms with van der Waals surface area (Å²) in [6.07, 6.45) is -5.10. The summed E-state index contributed by atoms with van der Waals surface area (Å²) in [6, 6.07) is 31.1. The Morgan fingerprint density at radius 3 is 1.32 bits per heavy atom. The maximum atomic E-state index is 15.0. The van der Waals surface area contributed by atoms with E-state index in [2.05, 4.69) is 86.9 Å². The summed E-state index contributed by atoms with van der Waals surface area (Å²) in [7, 11) is 0. The first-order valence-corrected chi connectivity index (χ1v) is 38.0. The number of rotatable bonds is 23. The first-order valence-electron chi connectivity index (χ1n) is 35.5. The third-order valence-electron chi connectivity index (χ3n) is 19.3. The maximum Gasteiger partial charge on any atom is 0.403 e. The third kappa shape index (κ3) is 18.2. The molecule has 7 fully saturated rings. The number of aromatic nitrogens is 12. The van der Waals surface area contributed by atoms with E-state index in [1.54, 1.807) is 59.9 Å². The summed E-state index contributed by atoms with van der Waals surface area (Å²) >= 11 is 4.05. The molecule has 0 unspecified atom stereocenters. The van der Waals surface area contributed by atoms with Gasteiger partial charge in [0.15, 0.2) is 32.9 Å². The number of hydrogen-bond donors (Lipinski definition) is 9. The van der Waals surface area contributed by atoms with Crippen LogP contribution in [-0.4, -0.2) is 166 Å². The number of carbonyl (C=O) groups is 4. The average molecular weight is 1570 g/mol. The molecule has 9 aromatic rings. The Morgan fingerprint density at radius 2 is 0.936 bits per heavy atom. The number of benzene rings is 3. The van der Waals surface area contributed by atoms with E-state index in [9.17, 15) is 49.9 Å². The molecule has 7 aliphatic rings. The van der Waals surface area contributed by atoms with Crippen LogP contribution in [0.1, 0.15) is 91.8 Å². The van der Waals surface area contributed by atoms with Crippen LogP contribution in [-0.2, 0) is 14.4 Å². The topological polar surface area (TPSA) is 326 Å². The van der Waals surface area contributed by atoms with Crippen molar-refractivity contribution < 1.29 is 64.6 Å². The van der Waals surface area contributed by atoms with Gasteiger partial charge in [0.05, 0.1) is 25.6 Å². The van der Waals surface area contributed by atoms with Crippen LogP contribution in [0.4, 0.5) is 99.3 Å². The lowest BCUT2D eigenvalue weighted by atomic mass is 9.91. The molecule has 16 rings (SSSR count). The number of aryl methyl sites for hydroxylation is 3. The molecule has 9 N–H and O–H groups in total. The van der Waals surface area contributed by atoms with E-state index < -0.39 is 46.7 Å². The molecule has 109 heavy (non-hydrogen) atoms. The molecule has 4 saturated heterocycles. The number of alkyl halides is 7. The first kappa shape index (κ1) is 75.4. The molecule has 5 amide bonds. The van der Waals surface area contributed by atoms with Crippen molar-refractivity contribution in [3.8, 4) is 5.75 Å². The predicted molar refractivity (Wildman–Crippen MR) is 412 cm³/mol. The minimum absolute atomic E-state index is 0. The van der Waals surface area contributed by atoms with Gasteiger partial charge in [-0.25, -0.2) is 39.1 Å². The summed E-state index contributed by atoms with van der Waals surface area (Å²) < 4.78 is 99.4. The number of nitrogens with one attached hydrogen (secondary N) is 9. The Labute approximate surface area is 643 Å². The van der Waals surface area contributed by atoms with Gasteiger partial charge in [0.25, 0.3) is 0 Å². The van der Waals surface area contributed by atoms with E-state index >= 15 is 0 Å². The lowest BCUT2D eigenvalue weighted by molar-refractivity contribution is -0.192. The van der Waals surface area contributed by atoms with Gasteiger partial charge in [0, 0.05) is 129 Å². The van der Waals surface area contributed by atoms with E-state index in [4.69, 9.17) is 14.7 Å². The van der Waals surface area contributed by atoms with Gasteiger partial charge >= 0.3 is 18.4 Å². The quantitative estimate of drug-likeness (QED) is 0.0212. The Balaban J connectivity index is 0.000000234. The molecule has 6 aromatic heterocycles. The third-order valence-corrected chi connectivity index (χ3v) is 21.9. The number of anilines is 11. The number of halogens is 7. The lowest BCUT2D eigenvalue weighted by Gasteiger charge is -2.45. The Morgan fingerprint density at radius 1 is 0.523 bits per heavy atom. The number of imide groups is 1. The second kappa shape index (κ2) is 31.3. The molecule has 4 aliphatic heterocycles. The molecular weight excluding hydrogens is 1480 g/mol. The van der Waals surface area contributed by atoms with Crippen molar-refractivity contribution in [2.45, 2.75) is 134 Å². The summed E-state index contributed by atoms with van der Waals surface area (Å²) in [6.45, 7) is 13.9. The standard InChI is InChI=1S/C25H25F4N7OS.C24H29N7O2S.C23H23F3N8O2S.7H2/c1-14-10-19(35-34-14)31-18-11-20(36-12-24(26,13-36)15-2-3-15)33-22(32-18)38-17-6-4-16(5-7-17)30-21(37)23(8-9-23)25(27,28)29;1-3-33-18-6-8-19(9-7-18)34-24-26-20(25-21-12-16(2)28-29-21)13-22(27-24)31-14-17(15-31)23(32)30-10-4-5-11-30;1-13-11-17(33-32-13)28-16-12-18(34-9-2-10-34)30-21(29-16)37-15-5-3-14(4-6-15)27-20(36)31-19(35)22(7-8-22)23(24,25)26;;;;;;;/h4-7,10-11,15H,2-3,8-9,12-13H2,1H3,(H,30,37)(H2,31,32,33,34,35);6-9,12-13,17H,3-5,10-11,14-15H2,1-2H3,(H2,25,26,27,28,29);3-6,11-12H,2,7-10H2,1H3,(H2,27,31,35,36)(H2,28,29,30,32,33);7*1H. The summed E-state index contributed by atoms with van der Waals surface area (Å²) in [5.41, 5.74) is -2.56. The number of nitrogens with zero attached hydrogens (tertiary/aromatic N) is 13. The number of likely N-dealkylation sites (tertiary alicyclic amines) is 1. The molecule has 0 radical (unpaired) electrons. The van der Waals surface area contributed by atoms with Crippen LogP contribution >= 0.6 is 35.3 Å². The minimum atomic E-state index is -4.68. The second-order valence-corrected chi connectivity index (χ2v) is 30.9. The van der Waals surface area contributed by atoms with Gasteiger partial charge in [0.1, 0.15) is 57.2 Å². The van der Waals surface area contributed by atoms with Crippen molar-refractivity contribution in [1.29, 1.82) is 0 Å². The van der Waals surface area contributed by atoms with E-state index in [1.807, 2.05) is 92.1 Å². The van der Waals surface area contributed by atoms with E-state index in [0.717, 1.165) is 107 Å². The predicted octanol–water partition coefficient (Wildman–Crippen LogP) is 15.8. The van der Waals surface area contributed by atoms with Crippen molar-refractivity contribution in [1.82, 2.24) is 70.7 Å². The molecule has 37 heteroatoms. The largest absolute Gasteiger partial charge is 0.494 e. The zero-order valence-corrected chi connectivity index (χ0v) is 61.9. The SMILES string of the molecule is CCOc1ccc(Sc2nc(Nc3cc(C)[nH]n3)cc(N3CC(C(=O)N4CCCC4)C3)n2)cc1.Cc1cc(Nc2cc(N3CC(F)(C4CC4)C3)nc(Sc3ccc(NC(=O)C4(C(F)(F)F)CC4)cc3)n2)n[nH]1.Cc1cc(Nc2cc(N3CCC3)nc(Sc3ccc(NC(=O)NC(=O)C4(C(F)(F)F)CC4)cc3)n2)n[nH]1.[HH].[HH].[HH].[HH].[HH].[HH].[HH]. The minimum Gasteiger partial charge on any atom is -0.494 e.